The molecule has 118 valence electrons. The molecule has 1 aliphatic heterocycles. The van der Waals surface area contributed by atoms with E-state index in [-0.39, 0.29) is 5.82 Å². The molecule has 1 saturated heterocycles. The van der Waals surface area contributed by atoms with E-state index < -0.39 is 0 Å². The second-order valence-electron chi connectivity index (χ2n) is 5.45. The van der Waals surface area contributed by atoms with Gasteiger partial charge in [0.2, 0.25) is 0 Å². The molecule has 0 spiro atoms. The quantitative estimate of drug-likeness (QED) is 0.873. The summed E-state index contributed by atoms with van der Waals surface area (Å²) in [6.07, 6.45) is 0. The van der Waals surface area contributed by atoms with Gasteiger partial charge in [-0.2, -0.15) is 5.26 Å². The van der Waals surface area contributed by atoms with Gasteiger partial charge >= 0.3 is 0 Å². The predicted octanol–water partition coefficient (Wildman–Crippen LogP) is 3.03. The molecule has 5 heteroatoms. The third kappa shape index (κ3) is 3.21. The number of rotatable bonds is 3. The Morgan fingerprint density at radius 2 is 1.65 bits per heavy atom. The van der Waals surface area contributed by atoms with Gasteiger partial charge in [-0.25, -0.2) is 4.39 Å². The van der Waals surface area contributed by atoms with Crippen LogP contribution >= 0.6 is 0 Å². The van der Waals surface area contributed by atoms with Gasteiger partial charge in [0.05, 0.1) is 24.4 Å². The molecule has 2 aromatic rings. The number of hydrogen-bond donors (Lipinski definition) is 0. The monoisotopic (exact) mass is 311 g/mol. The minimum Gasteiger partial charge on any atom is -0.497 e. The average Bonchev–Trinajstić information content (AvgIpc) is 2.62. The number of nitriles is 1. The Morgan fingerprint density at radius 1 is 1.00 bits per heavy atom. The number of nitrogens with zero attached hydrogens (tertiary/aromatic N) is 3. The highest BCUT2D eigenvalue weighted by Crippen LogP contribution is 2.25. The molecule has 2 aromatic carbocycles. The van der Waals surface area contributed by atoms with Gasteiger partial charge in [-0.05, 0) is 42.5 Å². The van der Waals surface area contributed by atoms with E-state index in [0.29, 0.717) is 11.3 Å². The van der Waals surface area contributed by atoms with E-state index in [1.54, 1.807) is 19.2 Å². The Hall–Kier alpha value is -2.74. The van der Waals surface area contributed by atoms with Gasteiger partial charge in [0, 0.05) is 31.9 Å². The van der Waals surface area contributed by atoms with Gasteiger partial charge in [0.1, 0.15) is 11.6 Å². The molecular weight excluding hydrogens is 293 g/mol. The normalized spacial score (nSPS) is 14.5. The highest BCUT2D eigenvalue weighted by Gasteiger charge is 2.20. The molecule has 0 bridgehead atoms. The molecule has 0 amide bonds. The van der Waals surface area contributed by atoms with Crippen LogP contribution in [-0.4, -0.2) is 33.3 Å². The molecule has 0 N–H and O–H groups in total. The lowest BCUT2D eigenvalue weighted by molar-refractivity contribution is 0.415. The van der Waals surface area contributed by atoms with Crippen LogP contribution in [0.3, 0.4) is 0 Å². The van der Waals surface area contributed by atoms with Crippen LogP contribution in [0.5, 0.6) is 5.75 Å². The maximum atomic E-state index is 14.1. The molecule has 1 fully saturated rings. The average molecular weight is 311 g/mol. The van der Waals surface area contributed by atoms with Gasteiger partial charge in [-0.1, -0.05) is 0 Å². The van der Waals surface area contributed by atoms with Gasteiger partial charge < -0.3 is 14.5 Å². The topological polar surface area (TPSA) is 39.5 Å². The lowest BCUT2D eigenvalue weighted by Gasteiger charge is -2.37. The Bertz CT molecular complexity index is 716. The molecule has 3 rings (SSSR count). The Balaban J connectivity index is 1.67. The zero-order chi connectivity index (χ0) is 16.2. The summed E-state index contributed by atoms with van der Waals surface area (Å²) in [4.78, 5) is 4.30. The van der Waals surface area contributed by atoms with Crippen LogP contribution in [0, 0.1) is 17.1 Å². The maximum absolute atomic E-state index is 14.1. The zero-order valence-corrected chi connectivity index (χ0v) is 13.0. The molecule has 0 aromatic heterocycles. The fourth-order valence-corrected chi connectivity index (χ4v) is 2.83. The number of ether oxygens (including phenoxy) is 1. The van der Waals surface area contributed by atoms with E-state index >= 15 is 0 Å². The van der Waals surface area contributed by atoms with E-state index in [9.17, 15) is 4.39 Å². The van der Waals surface area contributed by atoms with Crippen molar-refractivity contribution in [2.45, 2.75) is 0 Å². The first-order valence-corrected chi connectivity index (χ1v) is 7.55. The van der Waals surface area contributed by atoms with Gasteiger partial charge in [-0.15, -0.1) is 0 Å². The van der Waals surface area contributed by atoms with E-state index in [1.165, 1.54) is 6.07 Å². The van der Waals surface area contributed by atoms with E-state index in [4.69, 9.17) is 10.00 Å². The summed E-state index contributed by atoms with van der Waals surface area (Å²) in [6.45, 7) is 3.14. The van der Waals surface area contributed by atoms with Crippen LogP contribution in [0.2, 0.25) is 0 Å². The van der Waals surface area contributed by atoms with E-state index in [1.807, 2.05) is 35.2 Å². The van der Waals surface area contributed by atoms with Crippen LogP contribution in [0.1, 0.15) is 5.56 Å². The van der Waals surface area contributed by atoms with Crippen LogP contribution in [0.25, 0.3) is 0 Å². The summed E-state index contributed by atoms with van der Waals surface area (Å²) in [6, 6.07) is 14.6. The first kappa shape index (κ1) is 15.2. The third-order valence-corrected chi connectivity index (χ3v) is 4.13. The number of piperazine rings is 1. The minimum absolute atomic E-state index is 0.332. The molecule has 4 nitrogen and oxygen atoms in total. The molecule has 0 radical (unpaired) electrons. The molecule has 1 heterocycles. The van der Waals surface area contributed by atoms with Crippen molar-refractivity contribution >= 4 is 11.4 Å². The van der Waals surface area contributed by atoms with E-state index in [2.05, 4.69) is 4.90 Å². The highest BCUT2D eigenvalue weighted by atomic mass is 19.1. The summed E-state index contributed by atoms with van der Waals surface area (Å²) >= 11 is 0. The van der Waals surface area contributed by atoms with Crippen LogP contribution in [0.4, 0.5) is 15.8 Å². The van der Waals surface area contributed by atoms with Crippen molar-refractivity contribution in [3.63, 3.8) is 0 Å². The summed E-state index contributed by atoms with van der Waals surface area (Å²) in [5, 5.41) is 8.82. The van der Waals surface area contributed by atoms with Crippen LogP contribution in [0.15, 0.2) is 42.5 Å². The summed E-state index contributed by atoms with van der Waals surface area (Å²) < 4.78 is 19.3. The Morgan fingerprint density at radius 3 is 2.22 bits per heavy atom. The highest BCUT2D eigenvalue weighted by molar-refractivity contribution is 5.54. The lowest BCUT2D eigenvalue weighted by atomic mass is 10.1. The molecule has 0 aliphatic carbocycles. The number of anilines is 2. The van der Waals surface area contributed by atoms with Crippen molar-refractivity contribution in [1.82, 2.24) is 0 Å². The fraction of sp³-hybridized carbons (Fsp3) is 0.278. The Kier molecular flexibility index (Phi) is 4.33. The van der Waals surface area contributed by atoms with Crippen molar-refractivity contribution in [3.05, 3.63) is 53.8 Å². The lowest BCUT2D eigenvalue weighted by Crippen LogP contribution is -2.46. The molecule has 23 heavy (non-hydrogen) atoms. The van der Waals surface area contributed by atoms with Crippen molar-refractivity contribution in [2.75, 3.05) is 43.1 Å². The second kappa shape index (κ2) is 6.57. The van der Waals surface area contributed by atoms with E-state index in [0.717, 1.165) is 37.6 Å². The molecule has 0 unspecified atom stereocenters. The molecule has 1 aliphatic rings. The third-order valence-electron chi connectivity index (χ3n) is 4.13. The van der Waals surface area contributed by atoms with Crippen molar-refractivity contribution < 1.29 is 9.13 Å². The molecule has 0 saturated carbocycles. The largest absolute Gasteiger partial charge is 0.497 e. The molecular formula is C18H18FN3O. The van der Waals surface area contributed by atoms with Gasteiger partial charge in [-0.3, -0.25) is 0 Å². The van der Waals surface area contributed by atoms with Crippen molar-refractivity contribution in [1.29, 1.82) is 5.26 Å². The molecule has 0 atom stereocenters. The number of hydrogen-bond acceptors (Lipinski definition) is 4. The second-order valence-corrected chi connectivity index (χ2v) is 5.45. The summed E-state index contributed by atoms with van der Waals surface area (Å²) in [5.74, 6) is 0.508. The zero-order valence-electron chi connectivity index (χ0n) is 13.0. The summed E-state index contributed by atoms with van der Waals surface area (Å²) in [5.41, 5.74) is 2.06. The number of methoxy groups -OCH3 is 1. The van der Waals surface area contributed by atoms with Gasteiger partial charge in [0.15, 0.2) is 0 Å². The first-order valence-electron chi connectivity index (χ1n) is 7.55. The van der Waals surface area contributed by atoms with Crippen LogP contribution in [-0.2, 0) is 0 Å². The SMILES string of the molecule is COc1ccc(N2CCN(c3ccc(C#N)cc3F)CC2)cc1. The smallest absolute Gasteiger partial charge is 0.147 e. The number of benzene rings is 2. The maximum Gasteiger partial charge on any atom is 0.147 e. The minimum atomic E-state index is -0.332. The van der Waals surface area contributed by atoms with Gasteiger partial charge in [0.25, 0.3) is 0 Å². The fourth-order valence-electron chi connectivity index (χ4n) is 2.83. The first-order chi connectivity index (χ1) is 11.2. The standard InChI is InChI=1S/C18H18FN3O/c1-23-16-5-3-15(4-6-16)21-8-10-22(11-9-21)18-7-2-14(13-20)12-17(18)19/h2-7,12H,8-11H2,1H3. The Labute approximate surface area is 135 Å². The number of halogens is 1. The van der Waals surface area contributed by atoms with Crippen LogP contribution < -0.4 is 14.5 Å². The predicted molar refractivity (Wildman–Crippen MR) is 88.5 cm³/mol. The summed E-state index contributed by atoms with van der Waals surface area (Å²) in [7, 11) is 1.65. The van der Waals surface area contributed by atoms with Crippen molar-refractivity contribution in [2.24, 2.45) is 0 Å². The van der Waals surface area contributed by atoms with Crippen molar-refractivity contribution in [3.8, 4) is 11.8 Å².